The van der Waals surface area contributed by atoms with E-state index < -0.39 is 16.1 Å². The van der Waals surface area contributed by atoms with Crippen molar-refractivity contribution in [1.29, 1.82) is 0 Å². The van der Waals surface area contributed by atoms with Gasteiger partial charge in [0, 0.05) is 32.1 Å². The van der Waals surface area contributed by atoms with Crippen LogP contribution >= 0.6 is 0 Å². The van der Waals surface area contributed by atoms with Gasteiger partial charge in [0.25, 0.3) is 0 Å². The minimum absolute atomic E-state index is 0.0659. The third kappa shape index (κ3) is 4.45. The van der Waals surface area contributed by atoms with Gasteiger partial charge in [-0.05, 0) is 46.0 Å². The molecule has 0 radical (unpaired) electrons. The number of sulfonamides is 1. The highest BCUT2D eigenvalue weighted by atomic mass is 32.2. The van der Waals surface area contributed by atoms with Crippen LogP contribution in [0.2, 0.25) is 0 Å². The number of likely N-dealkylation sites (tertiary alicyclic amines) is 1. The second-order valence-corrected chi connectivity index (χ2v) is 9.67. The number of carbonyl (C=O) groups is 2. The van der Waals surface area contributed by atoms with E-state index in [4.69, 9.17) is 4.74 Å². The number of ether oxygens (including phenoxy) is 1. The normalized spacial score (nSPS) is 20.8. The molecule has 30 heavy (non-hydrogen) atoms. The molecular formula is C20H30N4O5S. The largest absolute Gasteiger partial charge is 0.493 e. The van der Waals surface area contributed by atoms with Gasteiger partial charge in [0.15, 0.2) is 5.75 Å². The molecule has 3 rings (SSSR count). The summed E-state index contributed by atoms with van der Waals surface area (Å²) in [5.41, 5.74) is 0.426. The number of carbonyl (C=O) groups excluding carboxylic acids is 2. The number of hydrogen-bond donors (Lipinski definition) is 1. The number of para-hydroxylation sites is 1. The number of anilines is 1. The van der Waals surface area contributed by atoms with Crippen LogP contribution in [0, 0.1) is 0 Å². The van der Waals surface area contributed by atoms with E-state index in [1.807, 2.05) is 14.1 Å². The monoisotopic (exact) mass is 438 g/mol. The molecule has 2 aliphatic rings. The second kappa shape index (κ2) is 8.91. The molecule has 0 spiro atoms. The average molecular weight is 439 g/mol. The third-order valence-electron chi connectivity index (χ3n) is 5.72. The van der Waals surface area contributed by atoms with Crippen molar-refractivity contribution in [3.63, 3.8) is 0 Å². The molecule has 2 heterocycles. The van der Waals surface area contributed by atoms with Crippen LogP contribution in [0.1, 0.15) is 26.2 Å². The van der Waals surface area contributed by atoms with Crippen molar-refractivity contribution < 1.29 is 22.7 Å². The van der Waals surface area contributed by atoms with Crippen molar-refractivity contribution in [1.82, 2.24) is 14.5 Å². The fraction of sp³-hybridized carbons (Fsp3) is 0.600. The van der Waals surface area contributed by atoms with Crippen molar-refractivity contribution in [3.8, 4) is 5.75 Å². The maximum absolute atomic E-state index is 13.1. The van der Waals surface area contributed by atoms with Gasteiger partial charge in [-0.15, -0.1) is 0 Å². The van der Waals surface area contributed by atoms with Gasteiger partial charge in [-0.2, -0.15) is 4.72 Å². The quantitative estimate of drug-likeness (QED) is 0.671. The molecule has 2 fully saturated rings. The smallest absolute Gasteiger partial charge is 0.245 e. The van der Waals surface area contributed by atoms with Crippen molar-refractivity contribution in [2.45, 2.75) is 43.2 Å². The Labute approximate surface area is 178 Å². The average Bonchev–Trinajstić information content (AvgIpc) is 3.35. The fourth-order valence-corrected chi connectivity index (χ4v) is 5.40. The van der Waals surface area contributed by atoms with Gasteiger partial charge in [-0.3, -0.25) is 9.59 Å². The Balaban J connectivity index is 1.80. The Bertz CT molecular complexity index is 918. The maximum atomic E-state index is 13.1. The number of methoxy groups -OCH3 is 1. The predicted molar refractivity (Wildman–Crippen MR) is 113 cm³/mol. The van der Waals surface area contributed by atoms with Crippen molar-refractivity contribution >= 4 is 27.5 Å². The summed E-state index contributed by atoms with van der Waals surface area (Å²) in [7, 11) is 1.26. The van der Waals surface area contributed by atoms with Crippen LogP contribution in [0.15, 0.2) is 23.1 Å². The molecular weight excluding hydrogens is 408 g/mol. The number of amides is 2. The molecule has 0 unspecified atom stereocenters. The highest BCUT2D eigenvalue weighted by Gasteiger charge is 2.34. The first-order valence-corrected chi connectivity index (χ1v) is 11.6. The van der Waals surface area contributed by atoms with Gasteiger partial charge >= 0.3 is 0 Å². The zero-order chi connectivity index (χ0) is 22.1. The van der Waals surface area contributed by atoms with E-state index in [0.29, 0.717) is 38.2 Å². The summed E-state index contributed by atoms with van der Waals surface area (Å²) in [5, 5.41) is 0. The van der Waals surface area contributed by atoms with E-state index in [1.54, 1.807) is 24.0 Å². The van der Waals surface area contributed by atoms with Gasteiger partial charge in [0.05, 0.1) is 18.8 Å². The molecule has 0 bridgehead atoms. The van der Waals surface area contributed by atoms with Gasteiger partial charge in [-0.25, -0.2) is 8.42 Å². The first kappa shape index (κ1) is 22.5. The lowest BCUT2D eigenvalue weighted by Crippen LogP contribution is -2.47. The number of benzene rings is 1. The van der Waals surface area contributed by atoms with Crippen molar-refractivity contribution in [2.75, 3.05) is 45.7 Å². The van der Waals surface area contributed by atoms with Crippen LogP contribution in [0.3, 0.4) is 0 Å². The summed E-state index contributed by atoms with van der Waals surface area (Å²) >= 11 is 0. The summed E-state index contributed by atoms with van der Waals surface area (Å²) in [4.78, 5) is 30.1. The van der Waals surface area contributed by atoms with Crippen LogP contribution < -0.4 is 14.4 Å². The Hall–Kier alpha value is -2.17. The van der Waals surface area contributed by atoms with E-state index >= 15 is 0 Å². The zero-order valence-electron chi connectivity index (χ0n) is 17.9. The number of nitrogens with one attached hydrogen (secondary N) is 1. The Morgan fingerprint density at radius 1 is 1.30 bits per heavy atom. The van der Waals surface area contributed by atoms with Crippen LogP contribution in [0.5, 0.6) is 5.75 Å². The molecule has 10 heteroatoms. The number of likely N-dealkylation sites (N-methyl/N-ethyl adjacent to an activating group) is 1. The zero-order valence-corrected chi connectivity index (χ0v) is 18.7. The molecule has 166 valence electrons. The Morgan fingerprint density at radius 3 is 2.60 bits per heavy atom. The topological polar surface area (TPSA) is 99.3 Å². The summed E-state index contributed by atoms with van der Waals surface area (Å²) in [5.74, 6) is -0.217. The van der Waals surface area contributed by atoms with Gasteiger partial charge in [0.1, 0.15) is 4.90 Å². The lowest BCUT2D eigenvalue weighted by molar-refractivity contribution is -0.131. The van der Waals surface area contributed by atoms with Crippen molar-refractivity contribution in [2.24, 2.45) is 0 Å². The number of hydrogen-bond acceptors (Lipinski definition) is 6. The SMILES string of the molecule is COc1c(N2CCCC2=O)cccc1S(=O)(=O)N[C@@H](C)C(=O)N1CC[C@H](N(C)C)C1. The number of nitrogens with zero attached hydrogens (tertiary/aromatic N) is 3. The van der Waals surface area contributed by atoms with Gasteiger partial charge < -0.3 is 19.4 Å². The van der Waals surface area contributed by atoms with E-state index in [1.165, 1.54) is 18.1 Å². The first-order valence-electron chi connectivity index (χ1n) is 10.1. The molecule has 1 N–H and O–H groups in total. The predicted octanol–water partition coefficient (Wildman–Crippen LogP) is 0.651. The van der Waals surface area contributed by atoms with E-state index in [2.05, 4.69) is 9.62 Å². The van der Waals surface area contributed by atoms with Gasteiger partial charge in [-0.1, -0.05) is 6.07 Å². The molecule has 0 saturated carbocycles. The summed E-state index contributed by atoms with van der Waals surface area (Å²) in [6.07, 6.45) is 2.00. The lowest BCUT2D eigenvalue weighted by Gasteiger charge is -2.24. The lowest BCUT2D eigenvalue weighted by atomic mass is 10.2. The van der Waals surface area contributed by atoms with Crippen LogP contribution in [0.25, 0.3) is 0 Å². The maximum Gasteiger partial charge on any atom is 0.245 e. The van der Waals surface area contributed by atoms with Crippen LogP contribution in [-0.2, 0) is 19.6 Å². The third-order valence-corrected chi connectivity index (χ3v) is 7.29. The Morgan fingerprint density at radius 2 is 2.03 bits per heavy atom. The molecule has 2 saturated heterocycles. The minimum Gasteiger partial charge on any atom is -0.493 e. The summed E-state index contributed by atoms with van der Waals surface area (Å²) in [6, 6.07) is 4.01. The standard InChI is InChI=1S/C20H30N4O5S/c1-14(20(26)23-12-10-15(13-23)22(2)3)21-30(27,28)17-8-5-7-16(19(17)29-4)24-11-6-9-18(24)25/h5,7-8,14-15,21H,6,9-13H2,1-4H3/t14-,15-/m0/s1. The summed E-state index contributed by atoms with van der Waals surface area (Å²) < 4.78 is 34.1. The van der Waals surface area contributed by atoms with E-state index in [0.717, 1.165) is 6.42 Å². The molecule has 2 atom stereocenters. The highest BCUT2D eigenvalue weighted by molar-refractivity contribution is 7.89. The van der Waals surface area contributed by atoms with Crippen LogP contribution in [0.4, 0.5) is 5.69 Å². The van der Waals surface area contributed by atoms with E-state index in [-0.39, 0.29) is 28.5 Å². The molecule has 0 aromatic heterocycles. The van der Waals surface area contributed by atoms with Gasteiger partial charge in [0.2, 0.25) is 21.8 Å². The molecule has 2 aliphatic heterocycles. The van der Waals surface area contributed by atoms with Crippen LogP contribution in [-0.4, -0.2) is 83.0 Å². The first-order chi connectivity index (χ1) is 14.2. The molecule has 9 nitrogen and oxygen atoms in total. The molecule has 1 aromatic carbocycles. The van der Waals surface area contributed by atoms with E-state index in [9.17, 15) is 18.0 Å². The second-order valence-electron chi connectivity index (χ2n) is 7.99. The number of rotatable bonds is 7. The molecule has 1 aromatic rings. The Kier molecular flexibility index (Phi) is 6.68. The minimum atomic E-state index is -4.05. The molecule has 0 aliphatic carbocycles. The fourth-order valence-electron chi connectivity index (χ4n) is 4.02. The molecule has 2 amide bonds. The van der Waals surface area contributed by atoms with Crippen molar-refractivity contribution in [3.05, 3.63) is 18.2 Å². The summed E-state index contributed by atoms with van der Waals surface area (Å²) in [6.45, 7) is 3.24. The highest BCUT2D eigenvalue weighted by Crippen LogP contribution is 2.36.